The van der Waals surface area contributed by atoms with E-state index in [1.807, 2.05) is 75.3 Å². The molecule has 0 saturated carbocycles. The Kier molecular flexibility index (Phi) is 5.04. The zero-order valence-electron chi connectivity index (χ0n) is 13.6. The minimum absolute atomic E-state index is 0.189. The molecule has 2 amide bonds. The minimum Gasteiger partial charge on any atom is -0.378 e. The number of aryl methyl sites for hydroxylation is 2. The molecule has 4 heteroatoms. The molecule has 0 heterocycles. The van der Waals surface area contributed by atoms with Gasteiger partial charge in [0.2, 0.25) is 0 Å². The molecule has 116 valence electrons. The summed E-state index contributed by atoms with van der Waals surface area (Å²) in [7, 11) is 4.01. The third-order valence-electron chi connectivity index (χ3n) is 3.55. The summed E-state index contributed by atoms with van der Waals surface area (Å²) in [4.78, 5) is 14.0. The molecular weight excluding hydrogens is 274 g/mol. The first-order chi connectivity index (χ1) is 10.5. The summed E-state index contributed by atoms with van der Waals surface area (Å²) in [6.07, 6.45) is 0. The van der Waals surface area contributed by atoms with Gasteiger partial charge in [-0.3, -0.25) is 0 Å². The summed E-state index contributed by atoms with van der Waals surface area (Å²) in [6, 6.07) is 13.9. The van der Waals surface area contributed by atoms with Crippen molar-refractivity contribution in [1.82, 2.24) is 5.32 Å². The van der Waals surface area contributed by atoms with Crippen LogP contribution < -0.4 is 15.5 Å². The van der Waals surface area contributed by atoms with Gasteiger partial charge >= 0.3 is 6.03 Å². The molecule has 0 aliphatic rings. The second-order valence-corrected chi connectivity index (χ2v) is 5.69. The number of urea groups is 1. The molecule has 2 aromatic rings. The Balaban J connectivity index is 1.91. The first-order valence-corrected chi connectivity index (χ1v) is 7.34. The van der Waals surface area contributed by atoms with E-state index < -0.39 is 0 Å². The fraction of sp³-hybridized carbons (Fsp3) is 0.278. The quantitative estimate of drug-likeness (QED) is 0.904. The Bertz CT molecular complexity index is 648. The maximum atomic E-state index is 12.0. The van der Waals surface area contributed by atoms with E-state index in [-0.39, 0.29) is 6.03 Å². The van der Waals surface area contributed by atoms with Crippen LogP contribution in [-0.4, -0.2) is 20.1 Å². The highest BCUT2D eigenvalue weighted by atomic mass is 16.2. The van der Waals surface area contributed by atoms with E-state index in [0.29, 0.717) is 6.54 Å². The summed E-state index contributed by atoms with van der Waals surface area (Å²) in [5.74, 6) is 0. The first kappa shape index (κ1) is 15.9. The highest BCUT2D eigenvalue weighted by Crippen LogP contribution is 2.16. The van der Waals surface area contributed by atoms with Crippen LogP contribution in [0.25, 0.3) is 0 Å². The van der Waals surface area contributed by atoms with Crippen LogP contribution in [0, 0.1) is 13.8 Å². The van der Waals surface area contributed by atoms with E-state index in [4.69, 9.17) is 0 Å². The van der Waals surface area contributed by atoms with E-state index in [1.165, 1.54) is 0 Å². The molecule has 0 saturated heterocycles. The number of nitrogens with one attached hydrogen (secondary N) is 2. The molecule has 0 aliphatic heterocycles. The molecule has 0 bridgehead atoms. The Morgan fingerprint density at radius 3 is 2.36 bits per heavy atom. The summed E-state index contributed by atoms with van der Waals surface area (Å²) < 4.78 is 0. The molecule has 0 aromatic heterocycles. The van der Waals surface area contributed by atoms with Crippen LogP contribution in [0.4, 0.5) is 16.2 Å². The van der Waals surface area contributed by atoms with Gasteiger partial charge in [-0.2, -0.15) is 0 Å². The predicted molar refractivity (Wildman–Crippen MR) is 92.5 cm³/mol. The topological polar surface area (TPSA) is 44.4 Å². The normalized spacial score (nSPS) is 10.2. The van der Waals surface area contributed by atoms with Crippen molar-refractivity contribution in [2.75, 3.05) is 24.3 Å². The standard InChI is InChI=1S/C18H23N3O/c1-13-5-6-14(2)17(11-13)20-18(22)19-12-15-7-9-16(10-8-15)21(3)4/h5-11H,12H2,1-4H3,(H2,19,20,22). The van der Waals surface area contributed by atoms with Crippen molar-refractivity contribution in [3.8, 4) is 0 Å². The van der Waals surface area contributed by atoms with Crippen LogP contribution in [0.5, 0.6) is 0 Å². The fourth-order valence-electron chi connectivity index (χ4n) is 2.13. The van der Waals surface area contributed by atoms with Gasteiger partial charge in [-0.1, -0.05) is 24.3 Å². The van der Waals surface area contributed by atoms with Crippen molar-refractivity contribution in [1.29, 1.82) is 0 Å². The molecule has 0 spiro atoms. The van der Waals surface area contributed by atoms with Crippen molar-refractivity contribution in [3.63, 3.8) is 0 Å². The Hall–Kier alpha value is -2.49. The van der Waals surface area contributed by atoms with Gasteiger partial charge in [-0.15, -0.1) is 0 Å². The lowest BCUT2D eigenvalue weighted by molar-refractivity contribution is 0.251. The average molecular weight is 297 g/mol. The molecule has 0 aliphatic carbocycles. The highest BCUT2D eigenvalue weighted by Gasteiger charge is 2.05. The Morgan fingerprint density at radius 1 is 1.05 bits per heavy atom. The maximum absolute atomic E-state index is 12.0. The summed E-state index contributed by atoms with van der Waals surface area (Å²) in [5.41, 5.74) is 5.24. The number of nitrogens with zero attached hydrogens (tertiary/aromatic N) is 1. The number of carbonyl (C=O) groups is 1. The minimum atomic E-state index is -0.189. The molecule has 2 aromatic carbocycles. The second kappa shape index (κ2) is 6.98. The molecular formula is C18H23N3O. The van der Waals surface area contributed by atoms with Gasteiger partial charge in [0, 0.05) is 32.0 Å². The van der Waals surface area contributed by atoms with Crippen LogP contribution >= 0.6 is 0 Å². The van der Waals surface area contributed by atoms with E-state index >= 15 is 0 Å². The molecule has 4 nitrogen and oxygen atoms in total. The Labute approximate surface area is 132 Å². The monoisotopic (exact) mass is 297 g/mol. The summed E-state index contributed by atoms with van der Waals surface area (Å²) in [6.45, 7) is 4.49. The molecule has 0 atom stereocenters. The van der Waals surface area contributed by atoms with E-state index in [9.17, 15) is 4.79 Å². The lowest BCUT2D eigenvalue weighted by atomic mass is 10.1. The van der Waals surface area contributed by atoms with Crippen LogP contribution in [0.3, 0.4) is 0 Å². The average Bonchev–Trinajstić information content (AvgIpc) is 2.49. The highest BCUT2D eigenvalue weighted by molar-refractivity contribution is 5.90. The van der Waals surface area contributed by atoms with Gasteiger partial charge in [0.25, 0.3) is 0 Å². The van der Waals surface area contributed by atoms with E-state index in [0.717, 1.165) is 28.1 Å². The Morgan fingerprint density at radius 2 is 1.73 bits per heavy atom. The zero-order chi connectivity index (χ0) is 16.1. The number of benzene rings is 2. The summed E-state index contributed by atoms with van der Waals surface area (Å²) in [5, 5.41) is 5.77. The second-order valence-electron chi connectivity index (χ2n) is 5.69. The van der Waals surface area contributed by atoms with Crippen molar-refractivity contribution < 1.29 is 4.79 Å². The van der Waals surface area contributed by atoms with Gasteiger partial charge in [0.05, 0.1) is 0 Å². The fourth-order valence-corrected chi connectivity index (χ4v) is 2.13. The maximum Gasteiger partial charge on any atom is 0.319 e. The third kappa shape index (κ3) is 4.25. The van der Waals surface area contributed by atoms with E-state index in [2.05, 4.69) is 10.6 Å². The zero-order valence-corrected chi connectivity index (χ0v) is 13.6. The number of amides is 2. The SMILES string of the molecule is Cc1ccc(C)c(NC(=O)NCc2ccc(N(C)C)cc2)c1. The van der Waals surface area contributed by atoms with Crippen LogP contribution in [-0.2, 0) is 6.54 Å². The van der Waals surface area contributed by atoms with Gasteiger partial charge in [0.15, 0.2) is 0 Å². The molecule has 0 unspecified atom stereocenters. The van der Waals surface area contributed by atoms with Crippen molar-refractivity contribution in [2.45, 2.75) is 20.4 Å². The van der Waals surface area contributed by atoms with Crippen molar-refractivity contribution in [3.05, 3.63) is 59.2 Å². The lowest BCUT2D eigenvalue weighted by Crippen LogP contribution is -2.28. The van der Waals surface area contributed by atoms with Gasteiger partial charge in [-0.05, 0) is 48.7 Å². The molecule has 2 rings (SSSR count). The van der Waals surface area contributed by atoms with Crippen LogP contribution in [0.15, 0.2) is 42.5 Å². The molecule has 0 fully saturated rings. The number of carbonyl (C=O) groups excluding carboxylic acids is 1. The smallest absolute Gasteiger partial charge is 0.319 e. The number of anilines is 2. The number of hydrogen-bond acceptors (Lipinski definition) is 2. The molecule has 22 heavy (non-hydrogen) atoms. The molecule has 0 radical (unpaired) electrons. The first-order valence-electron chi connectivity index (χ1n) is 7.34. The van der Waals surface area contributed by atoms with E-state index in [1.54, 1.807) is 0 Å². The van der Waals surface area contributed by atoms with Crippen molar-refractivity contribution in [2.24, 2.45) is 0 Å². The number of hydrogen-bond donors (Lipinski definition) is 2. The summed E-state index contributed by atoms with van der Waals surface area (Å²) >= 11 is 0. The lowest BCUT2D eigenvalue weighted by Gasteiger charge is -2.13. The third-order valence-corrected chi connectivity index (χ3v) is 3.55. The van der Waals surface area contributed by atoms with Crippen molar-refractivity contribution >= 4 is 17.4 Å². The van der Waals surface area contributed by atoms with Gasteiger partial charge in [-0.25, -0.2) is 4.79 Å². The predicted octanol–water partition coefficient (Wildman–Crippen LogP) is 3.69. The number of rotatable bonds is 4. The molecule has 2 N–H and O–H groups in total. The largest absolute Gasteiger partial charge is 0.378 e. The van der Waals surface area contributed by atoms with Gasteiger partial charge in [0.1, 0.15) is 0 Å². The van der Waals surface area contributed by atoms with Crippen LogP contribution in [0.1, 0.15) is 16.7 Å². The van der Waals surface area contributed by atoms with Crippen LogP contribution in [0.2, 0.25) is 0 Å². The van der Waals surface area contributed by atoms with Gasteiger partial charge < -0.3 is 15.5 Å².